The first kappa shape index (κ1) is 10.7. The Morgan fingerprint density at radius 3 is 2.23 bits per heavy atom. The highest BCUT2D eigenvalue weighted by atomic mass is 16.3. The SMILES string of the molecule is CC1CC(O)(C(C)C)C=CC1(C)O. The fourth-order valence-electron chi connectivity index (χ4n) is 1.67. The molecule has 2 heteroatoms. The molecule has 0 fully saturated rings. The van der Waals surface area contributed by atoms with Crippen molar-refractivity contribution in [1.29, 1.82) is 0 Å². The lowest BCUT2D eigenvalue weighted by molar-refractivity contribution is -0.0410. The number of hydrogen-bond donors (Lipinski definition) is 2. The van der Waals surface area contributed by atoms with Crippen LogP contribution in [0.25, 0.3) is 0 Å². The summed E-state index contributed by atoms with van der Waals surface area (Å²) < 4.78 is 0. The van der Waals surface area contributed by atoms with Crippen molar-refractivity contribution in [3.63, 3.8) is 0 Å². The lowest BCUT2D eigenvalue weighted by Gasteiger charge is -2.41. The second-order valence-corrected chi connectivity index (χ2v) is 4.81. The maximum atomic E-state index is 10.2. The van der Waals surface area contributed by atoms with Crippen LogP contribution in [0.4, 0.5) is 0 Å². The van der Waals surface area contributed by atoms with Crippen molar-refractivity contribution in [3.05, 3.63) is 12.2 Å². The van der Waals surface area contributed by atoms with Gasteiger partial charge in [-0.2, -0.15) is 0 Å². The first-order valence-electron chi connectivity index (χ1n) is 4.93. The summed E-state index contributed by atoms with van der Waals surface area (Å²) in [6.07, 6.45) is 4.10. The van der Waals surface area contributed by atoms with Crippen molar-refractivity contribution >= 4 is 0 Å². The van der Waals surface area contributed by atoms with Gasteiger partial charge in [-0.1, -0.05) is 32.9 Å². The Bertz CT molecular complexity index is 218. The van der Waals surface area contributed by atoms with Crippen LogP contribution in [0.2, 0.25) is 0 Å². The van der Waals surface area contributed by atoms with Crippen molar-refractivity contribution < 1.29 is 10.2 Å². The van der Waals surface area contributed by atoms with E-state index >= 15 is 0 Å². The minimum absolute atomic E-state index is 0.102. The van der Waals surface area contributed by atoms with E-state index in [9.17, 15) is 10.2 Å². The Morgan fingerprint density at radius 1 is 1.31 bits per heavy atom. The average Bonchev–Trinajstić information content (AvgIpc) is 1.98. The minimum atomic E-state index is -0.763. The van der Waals surface area contributed by atoms with Gasteiger partial charge >= 0.3 is 0 Å². The van der Waals surface area contributed by atoms with E-state index in [-0.39, 0.29) is 11.8 Å². The molecule has 0 saturated carbocycles. The van der Waals surface area contributed by atoms with Crippen LogP contribution in [0.3, 0.4) is 0 Å². The largest absolute Gasteiger partial charge is 0.386 e. The van der Waals surface area contributed by atoms with Crippen LogP contribution in [0.1, 0.15) is 34.1 Å². The molecule has 1 rings (SSSR count). The van der Waals surface area contributed by atoms with E-state index in [1.54, 1.807) is 19.1 Å². The third-order valence-corrected chi connectivity index (χ3v) is 3.34. The topological polar surface area (TPSA) is 40.5 Å². The van der Waals surface area contributed by atoms with Gasteiger partial charge < -0.3 is 10.2 Å². The molecule has 1 aliphatic rings. The molecule has 0 saturated heterocycles. The molecule has 0 heterocycles. The van der Waals surface area contributed by atoms with E-state index in [0.29, 0.717) is 6.42 Å². The second-order valence-electron chi connectivity index (χ2n) is 4.81. The lowest BCUT2D eigenvalue weighted by atomic mass is 9.71. The molecule has 2 N–H and O–H groups in total. The molecule has 3 atom stereocenters. The number of rotatable bonds is 1. The summed E-state index contributed by atoms with van der Waals surface area (Å²) in [6.45, 7) is 7.75. The van der Waals surface area contributed by atoms with Crippen LogP contribution in [0, 0.1) is 11.8 Å². The molecule has 3 unspecified atom stereocenters. The van der Waals surface area contributed by atoms with E-state index in [1.807, 2.05) is 20.8 Å². The molecule has 76 valence electrons. The molecule has 13 heavy (non-hydrogen) atoms. The van der Waals surface area contributed by atoms with Crippen LogP contribution in [0.15, 0.2) is 12.2 Å². The molecule has 0 radical (unpaired) electrons. The fourth-order valence-corrected chi connectivity index (χ4v) is 1.67. The molecule has 1 aliphatic carbocycles. The van der Waals surface area contributed by atoms with E-state index in [2.05, 4.69) is 0 Å². The van der Waals surface area contributed by atoms with Gasteiger partial charge in [0.25, 0.3) is 0 Å². The Balaban J connectivity index is 2.90. The Kier molecular flexibility index (Phi) is 2.56. The number of hydrogen-bond acceptors (Lipinski definition) is 2. The smallest absolute Gasteiger partial charge is 0.0855 e. The molecule has 0 spiro atoms. The maximum absolute atomic E-state index is 10.2. The van der Waals surface area contributed by atoms with Gasteiger partial charge in [-0.25, -0.2) is 0 Å². The zero-order chi connectivity index (χ0) is 10.3. The molecular weight excluding hydrogens is 164 g/mol. The first-order chi connectivity index (χ1) is 5.78. The van der Waals surface area contributed by atoms with Crippen LogP contribution < -0.4 is 0 Å². The van der Waals surface area contributed by atoms with E-state index in [0.717, 1.165) is 0 Å². The molecule has 0 aliphatic heterocycles. The van der Waals surface area contributed by atoms with Gasteiger partial charge in [-0.3, -0.25) is 0 Å². The summed E-state index contributed by atoms with van der Waals surface area (Å²) in [6, 6.07) is 0. The van der Waals surface area contributed by atoms with Gasteiger partial charge in [-0.05, 0) is 25.2 Å². The van der Waals surface area contributed by atoms with Gasteiger partial charge in [0.05, 0.1) is 11.2 Å². The van der Waals surface area contributed by atoms with Crippen molar-refractivity contribution in [2.24, 2.45) is 11.8 Å². The van der Waals surface area contributed by atoms with Crippen LogP contribution >= 0.6 is 0 Å². The molecule has 0 aromatic heterocycles. The molecular formula is C11H20O2. The first-order valence-corrected chi connectivity index (χ1v) is 4.93. The minimum Gasteiger partial charge on any atom is -0.386 e. The highest BCUT2D eigenvalue weighted by Crippen LogP contribution is 2.37. The van der Waals surface area contributed by atoms with Gasteiger partial charge in [0.1, 0.15) is 0 Å². The quantitative estimate of drug-likeness (QED) is 0.609. The van der Waals surface area contributed by atoms with Crippen LogP contribution in [-0.2, 0) is 0 Å². The predicted octanol–water partition coefficient (Wildman–Crippen LogP) is 1.72. The van der Waals surface area contributed by atoms with Gasteiger partial charge in [-0.15, -0.1) is 0 Å². The summed E-state index contributed by atoms with van der Waals surface area (Å²) >= 11 is 0. The maximum Gasteiger partial charge on any atom is 0.0855 e. The second kappa shape index (κ2) is 3.10. The van der Waals surface area contributed by atoms with Crippen LogP contribution in [-0.4, -0.2) is 21.4 Å². The van der Waals surface area contributed by atoms with Crippen molar-refractivity contribution in [3.8, 4) is 0 Å². The Labute approximate surface area is 80.3 Å². The monoisotopic (exact) mass is 184 g/mol. The molecule has 2 nitrogen and oxygen atoms in total. The average molecular weight is 184 g/mol. The zero-order valence-electron chi connectivity index (χ0n) is 8.91. The summed E-state index contributed by atoms with van der Waals surface area (Å²) in [4.78, 5) is 0. The van der Waals surface area contributed by atoms with Gasteiger partial charge in [0.2, 0.25) is 0 Å². The van der Waals surface area contributed by atoms with E-state index in [1.165, 1.54) is 0 Å². The zero-order valence-corrected chi connectivity index (χ0v) is 8.91. The molecule has 0 bridgehead atoms. The molecule has 0 aromatic carbocycles. The summed E-state index contributed by atoms with van der Waals surface area (Å²) in [5.41, 5.74) is -1.50. The molecule has 0 amide bonds. The predicted molar refractivity (Wildman–Crippen MR) is 53.3 cm³/mol. The Hall–Kier alpha value is -0.340. The molecule has 0 aromatic rings. The van der Waals surface area contributed by atoms with Crippen LogP contribution in [0.5, 0.6) is 0 Å². The third-order valence-electron chi connectivity index (χ3n) is 3.34. The summed E-state index contributed by atoms with van der Waals surface area (Å²) in [5, 5.41) is 20.0. The van der Waals surface area contributed by atoms with Crippen molar-refractivity contribution in [2.75, 3.05) is 0 Å². The standard InChI is InChI=1S/C11H20O2/c1-8(2)11(13)6-5-10(4,12)9(3)7-11/h5-6,8-9,12-13H,7H2,1-4H3. The highest BCUT2D eigenvalue weighted by Gasteiger charge is 2.40. The number of aliphatic hydroxyl groups is 2. The normalized spacial score (nSPS) is 45.6. The van der Waals surface area contributed by atoms with E-state index < -0.39 is 11.2 Å². The summed E-state index contributed by atoms with van der Waals surface area (Å²) in [5.74, 6) is 0.298. The van der Waals surface area contributed by atoms with Crippen molar-refractivity contribution in [1.82, 2.24) is 0 Å². The van der Waals surface area contributed by atoms with Crippen molar-refractivity contribution in [2.45, 2.75) is 45.3 Å². The lowest BCUT2D eigenvalue weighted by Crippen LogP contribution is -2.45. The fraction of sp³-hybridized carbons (Fsp3) is 0.818. The summed E-state index contributed by atoms with van der Waals surface area (Å²) in [7, 11) is 0. The van der Waals surface area contributed by atoms with E-state index in [4.69, 9.17) is 0 Å². The van der Waals surface area contributed by atoms with Gasteiger partial charge in [0.15, 0.2) is 0 Å². The Morgan fingerprint density at radius 2 is 1.85 bits per heavy atom. The third kappa shape index (κ3) is 1.94. The highest BCUT2D eigenvalue weighted by molar-refractivity contribution is 5.16. The van der Waals surface area contributed by atoms with Gasteiger partial charge in [0, 0.05) is 0 Å².